The molecule has 0 saturated heterocycles. The molecule has 0 aromatic heterocycles. The van der Waals surface area contributed by atoms with Gasteiger partial charge in [0, 0.05) is 19.2 Å². The maximum atomic E-state index is 12.2. The van der Waals surface area contributed by atoms with Gasteiger partial charge in [-0.3, -0.25) is 9.69 Å². The number of nitrogens with zero attached hydrogens (tertiary/aromatic N) is 1. The quantitative estimate of drug-likeness (QED) is 0.623. The number of hydrogen-bond acceptors (Lipinski definition) is 4. The van der Waals surface area contributed by atoms with Crippen molar-refractivity contribution in [1.82, 2.24) is 0 Å². The Balaban J connectivity index is 2.00. The van der Waals surface area contributed by atoms with Gasteiger partial charge in [-0.05, 0) is 36.8 Å². The van der Waals surface area contributed by atoms with E-state index in [1.165, 1.54) is 11.8 Å². The van der Waals surface area contributed by atoms with E-state index in [0.29, 0.717) is 18.0 Å². The smallest absolute Gasteiger partial charge is 0.414 e. The standard InChI is InChI=1S/C18H19NO4/c1-3-19(16-9-11-17(12-10-16)23-14(2)20)18(21)22-13-15-7-5-4-6-8-15/h4-12H,3,13H2,1-2H3. The van der Waals surface area contributed by atoms with Crippen LogP contribution in [0.4, 0.5) is 10.5 Å². The summed E-state index contributed by atoms with van der Waals surface area (Å²) in [4.78, 5) is 24.7. The van der Waals surface area contributed by atoms with Crippen LogP contribution in [0.25, 0.3) is 0 Å². The highest BCUT2D eigenvalue weighted by molar-refractivity contribution is 5.87. The van der Waals surface area contributed by atoms with E-state index in [1.54, 1.807) is 24.3 Å². The predicted molar refractivity (Wildman–Crippen MR) is 87.4 cm³/mol. The van der Waals surface area contributed by atoms with Crippen molar-refractivity contribution in [2.75, 3.05) is 11.4 Å². The molecule has 0 spiro atoms. The summed E-state index contributed by atoms with van der Waals surface area (Å²) in [7, 11) is 0. The number of ether oxygens (including phenoxy) is 2. The van der Waals surface area contributed by atoms with Crippen molar-refractivity contribution in [3.05, 3.63) is 60.2 Å². The molecule has 0 radical (unpaired) electrons. The maximum absolute atomic E-state index is 12.2. The van der Waals surface area contributed by atoms with Gasteiger partial charge in [-0.2, -0.15) is 0 Å². The molecule has 1 amide bonds. The molecule has 2 aromatic rings. The Bertz CT molecular complexity index is 652. The third kappa shape index (κ3) is 4.85. The molecule has 0 heterocycles. The lowest BCUT2D eigenvalue weighted by Crippen LogP contribution is -2.31. The molecule has 0 aliphatic rings. The molecule has 5 heteroatoms. The minimum absolute atomic E-state index is 0.224. The second kappa shape index (κ2) is 7.98. The first-order chi connectivity index (χ1) is 11.1. The molecular weight excluding hydrogens is 294 g/mol. The lowest BCUT2D eigenvalue weighted by molar-refractivity contribution is -0.131. The van der Waals surface area contributed by atoms with Crippen molar-refractivity contribution in [3.8, 4) is 5.75 Å². The first-order valence-corrected chi connectivity index (χ1v) is 7.37. The summed E-state index contributed by atoms with van der Waals surface area (Å²) in [5, 5.41) is 0. The molecule has 0 atom stereocenters. The normalized spacial score (nSPS) is 10.0. The monoisotopic (exact) mass is 313 g/mol. The molecule has 0 aliphatic carbocycles. The second-order valence-corrected chi connectivity index (χ2v) is 4.87. The molecule has 2 rings (SSSR count). The topological polar surface area (TPSA) is 55.8 Å². The summed E-state index contributed by atoms with van der Waals surface area (Å²) >= 11 is 0. The number of benzene rings is 2. The average molecular weight is 313 g/mol. The summed E-state index contributed by atoms with van der Waals surface area (Å²) in [6, 6.07) is 16.2. The summed E-state index contributed by atoms with van der Waals surface area (Å²) in [6.07, 6.45) is -0.420. The van der Waals surface area contributed by atoms with Crippen LogP contribution in [-0.4, -0.2) is 18.6 Å². The molecule has 5 nitrogen and oxygen atoms in total. The Morgan fingerprint density at radius 2 is 1.65 bits per heavy atom. The van der Waals surface area contributed by atoms with Gasteiger partial charge >= 0.3 is 12.1 Å². The first kappa shape index (κ1) is 16.5. The molecular formula is C18H19NO4. The Labute approximate surface area is 135 Å². The summed E-state index contributed by atoms with van der Waals surface area (Å²) < 4.78 is 10.3. The molecule has 0 saturated carbocycles. The van der Waals surface area contributed by atoms with Crippen LogP contribution in [0.3, 0.4) is 0 Å². The van der Waals surface area contributed by atoms with E-state index >= 15 is 0 Å². The van der Waals surface area contributed by atoms with Crippen molar-refractivity contribution in [2.45, 2.75) is 20.5 Å². The van der Waals surface area contributed by atoms with Crippen LogP contribution < -0.4 is 9.64 Å². The van der Waals surface area contributed by atoms with Crippen molar-refractivity contribution in [1.29, 1.82) is 0 Å². The molecule has 0 unspecified atom stereocenters. The Hall–Kier alpha value is -2.82. The number of esters is 1. The molecule has 0 fully saturated rings. The van der Waals surface area contributed by atoms with Gasteiger partial charge in [-0.1, -0.05) is 30.3 Å². The van der Waals surface area contributed by atoms with Gasteiger partial charge in [-0.25, -0.2) is 4.79 Å². The number of hydrogen-bond donors (Lipinski definition) is 0. The van der Waals surface area contributed by atoms with Crippen molar-refractivity contribution < 1.29 is 19.1 Å². The number of rotatable bonds is 5. The van der Waals surface area contributed by atoms with Crippen molar-refractivity contribution in [2.24, 2.45) is 0 Å². The van der Waals surface area contributed by atoms with Crippen LogP contribution in [0, 0.1) is 0 Å². The van der Waals surface area contributed by atoms with Crippen molar-refractivity contribution >= 4 is 17.7 Å². The number of amides is 1. The fraction of sp³-hybridized carbons (Fsp3) is 0.222. The number of carbonyl (C=O) groups excluding carboxylic acids is 2. The molecule has 23 heavy (non-hydrogen) atoms. The zero-order valence-electron chi connectivity index (χ0n) is 13.2. The second-order valence-electron chi connectivity index (χ2n) is 4.87. The third-order valence-corrected chi connectivity index (χ3v) is 3.15. The van der Waals surface area contributed by atoms with Crippen LogP contribution >= 0.6 is 0 Å². The van der Waals surface area contributed by atoms with Crippen molar-refractivity contribution in [3.63, 3.8) is 0 Å². The molecule has 120 valence electrons. The summed E-state index contributed by atoms with van der Waals surface area (Å²) in [6.45, 7) is 3.90. The van der Waals surface area contributed by atoms with Gasteiger partial charge in [0.05, 0.1) is 0 Å². The Kier molecular flexibility index (Phi) is 5.74. The summed E-state index contributed by atoms with van der Waals surface area (Å²) in [5.74, 6) is 0.0577. The molecule has 0 aliphatic heterocycles. The highest BCUT2D eigenvalue weighted by Gasteiger charge is 2.15. The maximum Gasteiger partial charge on any atom is 0.414 e. The van der Waals surface area contributed by atoms with E-state index in [0.717, 1.165) is 5.56 Å². The summed E-state index contributed by atoms with van der Waals surface area (Å²) in [5.41, 5.74) is 1.61. The molecule has 2 aromatic carbocycles. The predicted octanol–water partition coefficient (Wildman–Crippen LogP) is 3.78. The SMILES string of the molecule is CCN(C(=O)OCc1ccccc1)c1ccc(OC(C)=O)cc1. The molecule has 0 N–H and O–H groups in total. The van der Waals surface area contributed by atoms with Gasteiger partial charge in [-0.15, -0.1) is 0 Å². The van der Waals surface area contributed by atoms with E-state index in [1.807, 2.05) is 37.3 Å². The number of carbonyl (C=O) groups is 2. The highest BCUT2D eigenvalue weighted by atomic mass is 16.6. The van der Waals surface area contributed by atoms with Gasteiger partial charge in [0.2, 0.25) is 0 Å². The first-order valence-electron chi connectivity index (χ1n) is 7.37. The molecule has 0 bridgehead atoms. The van der Waals surface area contributed by atoms with Crippen LogP contribution in [0.15, 0.2) is 54.6 Å². The van der Waals surface area contributed by atoms with E-state index < -0.39 is 6.09 Å². The minimum Gasteiger partial charge on any atom is -0.444 e. The van der Waals surface area contributed by atoms with E-state index in [2.05, 4.69) is 0 Å². The van der Waals surface area contributed by atoms with Crippen LogP contribution in [0.2, 0.25) is 0 Å². The zero-order chi connectivity index (χ0) is 16.7. The largest absolute Gasteiger partial charge is 0.444 e. The van der Waals surface area contributed by atoms with Gasteiger partial charge < -0.3 is 9.47 Å². The van der Waals surface area contributed by atoms with E-state index in [9.17, 15) is 9.59 Å². The van der Waals surface area contributed by atoms with Gasteiger partial charge in [0.1, 0.15) is 12.4 Å². The zero-order valence-corrected chi connectivity index (χ0v) is 13.2. The lowest BCUT2D eigenvalue weighted by Gasteiger charge is -2.20. The Morgan fingerprint density at radius 1 is 1.00 bits per heavy atom. The average Bonchev–Trinajstić information content (AvgIpc) is 2.55. The van der Waals surface area contributed by atoms with Gasteiger partial charge in [0.25, 0.3) is 0 Å². The third-order valence-electron chi connectivity index (χ3n) is 3.15. The fourth-order valence-corrected chi connectivity index (χ4v) is 2.07. The van der Waals surface area contributed by atoms with Crippen LogP contribution in [-0.2, 0) is 16.1 Å². The van der Waals surface area contributed by atoms with Crippen LogP contribution in [0.5, 0.6) is 5.75 Å². The van der Waals surface area contributed by atoms with Gasteiger partial charge in [0.15, 0.2) is 0 Å². The fourth-order valence-electron chi connectivity index (χ4n) is 2.07. The van der Waals surface area contributed by atoms with E-state index in [4.69, 9.17) is 9.47 Å². The van der Waals surface area contributed by atoms with Crippen LogP contribution in [0.1, 0.15) is 19.4 Å². The number of anilines is 1. The highest BCUT2D eigenvalue weighted by Crippen LogP contribution is 2.20. The minimum atomic E-state index is -0.420. The van der Waals surface area contributed by atoms with E-state index in [-0.39, 0.29) is 12.6 Å². The lowest BCUT2D eigenvalue weighted by atomic mass is 10.2. The Morgan fingerprint density at radius 3 is 2.22 bits per heavy atom.